The number of carbonyl (C=O) groups is 1. The highest BCUT2D eigenvalue weighted by atomic mass is 28.4. The molecule has 6 nitrogen and oxygen atoms in total. The molecule has 1 heterocycles. The van der Waals surface area contributed by atoms with Crippen LogP contribution in [0.25, 0.3) is 0 Å². The van der Waals surface area contributed by atoms with E-state index >= 15 is 0 Å². The van der Waals surface area contributed by atoms with E-state index in [0.29, 0.717) is 19.8 Å². The first-order chi connectivity index (χ1) is 13.1. The Kier molecular flexibility index (Phi) is 7.81. The molecule has 1 aromatic carbocycles. The second-order valence-electron chi connectivity index (χ2n) is 8.86. The summed E-state index contributed by atoms with van der Waals surface area (Å²) in [5.74, 6) is 0.807. The zero-order valence-electron chi connectivity index (χ0n) is 17.9. The summed E-state index contributed by atoms with van der Waals surface area (Å²) in [6.45, 7) is 11.7. The quantitative estimate of drug-likeness (QED) is 0.434. The van der Waals surface area contributed by atoms with E-state index < -0.39 is 20.0 Å². The van der Waals surface area contributed by atoms with E-state index in [1.165, 1.54) is 0 Å². The lowest BCUT2D eigenvalue weighted by molar-refractivity contribution is -0.266. The highest BCUT2D eigenvalue weighted by molar-refractivity contribution is 6.69. The molecule has 0 aromatic heterocycles. The van der Waals surface area contributed by atoms with Gasteiger partial charge in [0.25, 0.3) is 0 Å². The van der Waals surface area contributed by atoms with Crippen molar-refractivity contribution in [2.24, 2.45) is 0 Å². The molecule has 2 rings (SSSR count). The maximum atomic E-state index is 11.4. The molecule has 0 spiro atoms. The number of benzene rings is 1. The highest BCUT2D eigenvalue weighted by Crippen LogP contribution is 2.33. The Morgan fingerprint density at radius 1 is 1.14 bits per heavy atom. The number of methoxy groups -OCH3 is 1. The zero-order chi connectivity index (χ0) is 20.8. The smallest absolute Gasteiger partial charge is 0.184 e. The maximum Gasteiger partial charge on any atom is 0.184 e. The molecular formula is C21H34O6Si. The summed E-state index contributed by atoms with van der Waals surface area (Å²) >= 11 is 0. The van der Waals surface area contributed by atoms with Crippen LogP contribution in [0, 0.1) is 0 Å². The maximum absolute atomic E-state index is 11.4. The van der Waals surface area contributed by atoms with Gasteiger partial charge in [-0.05, 0) is 51.2 Å². The average molecular weight is 411 g/mol. The van der Waals surface area contributed by atoms with Gasteiger partial charge >= 0.3 is 0 Å². The molecule has 1 saturated heterocycles. The SMILES string of the molecule is COc1ccc(COCC2([C@@H](CC=O)O[Si](C)(C)C)COC(C)(C)CO2)cc1. The van der Waals surface area contributed by atoms with Crippen LogP contribution in [0.15, 0.2) is 24.3 Å². The van der Waals surface area contributed by atoms with Gasteiger partial charge in [-0.15, -0.1) is 0 Å². The minimum absolute atomic E-state index is 0.250. The van der Waals surface area contributed by atoms with Crippen molar-refractivity contribution in [2.45, 2.75) is 63.8 Å². The Labute approximate surface area is 169 Å². The predicted octanol–water partition coefficient (Wildman–Crippen LogP) is 3.59. The van der Waals surface area contributed by atoms with Crippen LogP contribution in [0.3, 0.4) is 0 Å². The van der Waals surface area contributed by atoms with E-state index in [9.17, 15) is 4.79 Å². The number of hydrogen-bond donors (Lipinski definition) is 0. The Morgan fingerprint density at radius 2 is 1.82 bits per heavy atom. The summed E-state index contributed by atoms with van der Waals surface area (Å²) in [6.07, 6.45) is 0.739. The van der Waals surface area contributed by atoms with Crippen molar-refractivity contribution < 1.29 is 28.2 Å². The Balaban J connectivity index is 2.11. The van der Waals surface area contributed by atoms with Crippen molar-refractivity contribution in [3.63, 3.8) is 0 Å². The molecule has 0 bridgehead atoms. The zero-order valence-corrected chi connectivity index (χ0v) is 18.9. The molecule has 0 radical (unpaired) electrons. The molecule has 158 valence electrons. The molecule has 1 aliphatic rings. The first-order valence-electron chi connectivity index (χ1n) is 9.69. The summed E-state index contributed by atoms with van der Waals surface area (Å²) in [5, 5.41) is 0. The highest BCUT2D eigenvalue weighted by Gasteiger charge is 2.48. The molecule has 1 fully saturated rings. The summed E-state index contributed by atoms with van der Waals surface area (Å²) < 4.78 is 29.9. The average Bonchev–Trinajstić information content (AvgIpc) is 2.62. The van der Waals surface area contributed by atoms with E-state index in [-0.39, 0.29) is 18.6 Å². The van der Waals surface area contributed by atoms with Crippen LogP contribution in [0.4, 0.5) is 0 Å². The topological polar surface area (TPSA) is 63.2 Å². The largest absolute Gasteiger partial charge is 0.497 e. The van der Waals surface area contributed by atoms with Gasteiger partial charge in [0.2, 0.25) is 0 Å². The van der Waals surface area contributed by atoms with E-state index in [2.05, 4.69) is 19.6 Å². The van der Waals surface area contributed by atoms with E-state index in [0.717, 1.165) is 17.6 Å². The molecule has 28 heavy (non-hydrogen) atoms. The van der Waals surface area contributed by atoms with Gasteiger partial charge in [-0.3, -0.25) is 0 Å². The predicted molar refractivity (Wildman–Crippen MR) is 110 cm³/mol. The van der Waals surface area contributed by atoms with Crippen molar-refractivity contribution in [3.8, 4) is 5.75 Å². The van der Waals surface area contributed by atoms with Crippen molar-refractivity contribution in [3.05, 3.63) is 29.8 Å². The number of ether oxygens (including phenoxy) is 4. The summed E-state index contributed by atoms with van der Waals surface area (Å²) in [7, 11) is -0.260. The van der Waals surface area contributed by atoms with Crippen LogP contribution in [0.2, 0.25) is 19.6 Å². The summed E-state index contributed by atoms with van der Waals surface area (Å²) in [4.78, 5) is 11.4. The molecule has 1 aliphatic heterocycles. The van der Waals surface area contributed by atoms with Gasteiger partial charge in [-0.2, -0.15) is 0 Å². The van der Waals surface area contributed by atoms with Gasteiger partial charge in [0, 0.05) is 6.42 Å². The van der Waals surface area contributed by atoms with E-state index in [1.807, 2.05) is 38.1 Å². The second kappa shape index (κ2) is 9.50. The Bertz CT molecular complexity index is 613. The minimum atomic E-state index is -1.90. The van der Waals surface area contributed by atoms with Crippen LogP contribution in [-0.2, 0) is 30.0 Å². The number of aldehydes is 1. The first-order valence-corrected chi connectivity index (χ1v) is 13.1. The Morgan fingerprint density at radius 3 is 2.32 bits per heavy atom. The molecule has 0 aliphatic carbocycles. The van der Waals surface area contributed by atoms with Crippen LogP contribution in [0.5, 0.6) is 5.75 Å². The van der Waals surface area contributed by atoms with Gasteiger partial charge in [0.1, 0.15) is 17.6 Å². The van der Waals surface area contributed by atoms with Crippen molar-refractivity contribution in [2.75, 3.05) is 26.9 Å². The molecule has 0 saturated carbocycles. The van der Waals surface area contributed by atoms with Crippen LogP contribution in [0.1, 0.15) is 25.8 Å². The lowest BCUT2D eigenvalue weighted by atomic mass is 9.93. The fraction of sp³-hybridized carbons (Fsp3) is 0.667. The summed E-state index contributed by atoms with van der Waals surface area (Å²) in [6, 6.07) is 7.74. The fourth-order valence-electron chi connectivity index (χ4n) is 3.03. The van der Waals surface area contributed by atoms with Crippen molar-refractivity contribution in [1.29, 1.82) is 0 Å². The van der Waals surface area contributed by atoms with E-state index in [4.69, 9.17) is 23.4 Å². The molecule has 2 atom stereocenters. The van der Waals surface area contributed by atoms with Crippen LogP contribution < -0.4 is 4.74 Å². The third kappa shape index (κ3) is 6.67. The molecule has 1 unspecified atom stereocenters. The lowest BCUT2D eigenvalue weighted by Gasteiger charge is -2.48. The molecular weight excluding hydrogens is 376 g/mol. The normalized spacial score (nSPS) is 23.2. The van der Waals surface area contributed by atoms with Crippen molar-refractivity contribution >= 4 is 14.6 Å². The number of hydrogen-bond acceptors (Lipinski definition) is 6. The van der Waals surface area contributed by atoms with Crippen LogP contribution >= 0.6 is 0 Å². The minimum Gasteiger partial charge on any atom is -0.497 e. The van der Waals surface area contributed by atoms with Crippen LogP contribution in [-0.4, -0.2) is 58.8 Å². The molecule has 1 aromatic rings. The van der Waals surface area contributed by atoms with Gasteiger partial charge in [0.05, 0.1) is 45.2 Å². The Hall–Kier alpha value is -1.25. The first kappa shape index (κ1) is 23.0. The van der Waals surface area contributed by atoms with Gasteiger partial charge in [-0.1, -0.05) is 12.1 Å². The number of rotatable bonds is 10. The standard InChI is InChI=1S/C21H34O6Si/c1-20(2)14-26-21(16-25-20,19(11-12-22)27-28(4,5)6)15-24-13-17-7-9-18(23-3)10-8-17/h7-10,12,19H,11,13-16H2,1-6H3/t19-,21?/m1/s1. The van der Waals surface area contributed by atoms with Gasteiger partial charge in [0.15, 0.2) is 8.32 Å². The van der Waals surface area contributed by atoms with Gasteiger partial charge < -0.3 is 28.2 Å². The summed E-state index contributed by atoms with van der Waals surface area (Å²) in [5.41, 5.74) is -0.140. The lowest BCUT2D eigenvalue weighted by Crippen LogP contribution is -2.62. The van der Waals surface area contributed by atoms with Gasteiger partial charge in [-0.25, -0.2) is 0 Å². The third-order valence-corrected chi connectivity index (χ3v) is 5.57. The number of carbonyl (C=O) groups excluding carboxylic acids is 1. The molecule has 7 heteroatoms. The van der Waals surface area contributed by atoms with Crippen molar-refractivity contribution in [1.82, 2.24) is 0 Å². The monoisotopic (exact) mass is 410 g/mol. The van der Waals surface area contributed by atoms with E-state index in [1.54, 1.807) is 7.11 Å². The third-order valence-electron chi connectivity index (χ3n) is 4.58. The molecule has 0 amide bonds. The fourth-order valence-corrected chi connectivity index (χ4v) is 4.19. The second-order valence-corrected chi connectivity index (χ2v) is 13.3. The molecule has 0 N–H and O–H groups in total.